The van der Waals surface area contributed by atoms with Crippen molar-refractivity contribution in [2.24, 2.45) is 0 Å². The highest BCUT2D eigenvalue weighted by Crippen LogP contribution is 2.29. The van der Waals surface area contributed by atoms with Gasteiger partial charge in [-0.05, 0) is 25.5 Å². The number of urea groups is 1. The second-order valence-corrected chi connectivity index (χ2v) is 4.42. The quantitative estimate of drug-likeness (QED) is 0.748. The van der Waals surface area contributed by atoms with Crippen LogP contribution in [0.25, 0.3) is 0 Å². The minimum absolute atomic E-state index is 0.0816. The van der Waals surface area contributed by atoms with E-state index in [1.165, 1.54) is 0 Å². The van der Waals surface area contributed by atoms with E-state index in [0.29, 0.717) is 6.54 Å². The molecule has 1 heterocycles. The molecule has 0 aliphatic carbocycles. The van der Waals surface area contributed by atoms with Crippen LogP contribution in [0, 0.1) is 0 Å². The fourth-order valence-electron chi connectivity index (χ4n) is 2.14. The van der Waals surface area contributed by atoms with Crippen LogP contribution in [0.5, 0.6) is 0 Å². The van der Waals surface area contributed by atoms with Crippen LogP contribution in [0.1, 0.15) is 19.4 Å². The molecule has 0 aromatic heterocycles. The first kappa shape index (κ1) is 11.6. The molecular formula is C13H16N2O2. The van der Waals surface area contributed by atoms with Crippen molar-refractivity contribution in [3.05, 3.63) is 29.8 Å². The molecule has 2 rings (SSSR count). The zero-order chi connectivity index (χ0) is 12.4. The molecule has 0 atom stereocenters. The lowest BCUT2D eigenvalue weighted by Gasteiger charge is -2.38. The average molecular weight is 232 g/mol. The number of hydrogen-bond donors (Lipinski definition) is 0. The molecule has 0 radical (unpaired) electrons. The summed E-state index contributed by atoms with van der Waals surface area (Å²) >= 11 is 0. The van der Waals surface area contributed by atoms with Crippen LogP contribution in [-0.2, 0) is 11.3 Å². The molecule has 17 heavy (non-hydrogen) atoms. The number of carbonyl (C=O) groups is 2. The number of aldehydes is 1. The summed E-state index contributed by atoms with van der Waals surface area (Å²) in [4.78, 5) is 26.1. The van der Waals surface area contributed by atoms with Crippen LogP contribution < -0.4 is 4.90 Å². The van der Waals surface area contributed by atoms with E-state index < -0.39 is 0 Å². The van der Waals surface area contributed by atoms with E-state index in [9.17, 15) is 9.59 Å². The lowest BCUT2D eigenvalue weighted by molar-refractivity contribution is -0.108. The van der Waals surface area contributed by atoms with Crippen LogP contribution in [0.4, 0.5) is 10.5 Å². The molecule has 90 valence electrons. The first-order chi connectivity index (χ1) is 8.15. The minimum Gasteiger partial charge on any atom is -0.313 e. The molecule has 0 fully saturated rings. The maximum Gasteiger partial charge on any atom is 0.325 e. The van der Waals surface area contributed by atoms with Gasteiger partial charge in [0.25, 0.3) is 0 Å². The molecule has 1 aliphatic rings. The fourth-order valence-corrected chi connectivity index (χ4v) is 2.14. The van der Waals surface area contributed by atoms with Crippen molar-refractivity contribution in [3.8, 4) is 0 Å². The maximum atomic E-state index is 12.2. The molecule has 0 bridgehead atoms. The van der Waals surface area contributed by atoms with Gasteiger partial charge in [-0.2, -0.15) is 0 Å². The number of para-hydroxylation sites is 1. The van der Waals surface area contributed by atoms with Crippen LogP contribution >= 0.6 is 0 Å². The lowest BCUT2D eigenvalue weighted by atomic mass is 10.1. The molecular weight excluding hydrogens is 216 g/mol. The van der Waals surface area contributed by atoms with Crippen LogP contribution in [0.15, 0.2) is 24.3 Å². The first-order valence-corrected chi connectivity index (χ1v) is 5.75. The van der Waals surface area contributed by atoms with E-state index >= 15 is 0 Å². The van der Waals surface area contributed by atoms with Crippen LogP contribution in [0.2, 0.25) is 0 Å². The van der Waals surface area contributed by atoms with Gasteiger partial charge in [0, 0.05) is 12.6 Å². The predicted molar refractivity (Wildman–Crippen MR) is 65.9 cm³/mol. The number of carbonyl (C=O) groups excluding carboxylic acids is 2. The highest BCUT2D eigenvalue weighted by molar-refractivity contribution is 5.96. The van der Waals surface area contributed by atoms with E-state index in [1.807, 2.05) is 38.1 Å². The van der Waals surface area contributed by atoms with Gasteiger partial charge in [0.2, 0.25) is 0 Å². The second kappa shape index (κ2) is 4.57. The van der Waals surface area contributed by atoms with Gasteiger partial charge in [0.15, 0.2) is 0 Å². The number of rotatable bonds is 3. The molecule has 0 spiro atoms. The van der Waals surface area contributed by atoms with Crippen molar-refractivity contribution in [2.45, 2.75) is 26.4 Å². The predicted octanol–water partition coefficient (Wildman–Crippen LogP) is 2.04. The third-order valence-electron chi connectivity index (χ3n) is 2.90. The minimum atomic E-state index is -0.0919. The number of nitrogens with zero attached hydrogens (tertiary/aromatic N) is 2. The molecule has 0 N–H and O–H groups in total. The van der Waals surface area contributed by atoms with Gasteiger partial charge in [-0.1, -0.05) is 18.2 Å². The maximum absolute atomic E-state index is 12.2. The summed E-state index contributed by atoms with van der Waals surface area (Å²) in [5, 5.41) is 0. The summed E-state index contributed by atoms with van der Waals surface area (Å²) in [6.45, 7) is 4.60. The molecule has 0 saturated heterocycles. The van der Waals surface area contributed by atoms with E-state index in [1.54, 1.807) is 9.80 Å². The number of hydrogen-bond acceptors (Lipinski definition) is 2. The molecule has 0 unspecified atom stereocenters. The number of amides is 2. The Kier molecular flexibility index (Phi) is 3.13. The zero-order valence-corrected chi connectivity index (χ0v) is 10.1. The zero-order valence-electron chi connectivity index (χ0n) is 10.1. The molecule has 1 aromatic rings. The first-order valence-electron chi connectivity index (χ1n) is 5.75. The Morgan fingerprint density at radius 1 is 1.35 bits per heavy atom. The van der Waals surface area contributed by atoms with E-state index in [0.717, 1.165) is 17.5 Å². The Morgan fingerprint density at radius 2 is 2.06 bits per heavy atom. The van der Waals surface area contributed by atoms with Gasteiger partial charge < -0.3 is 9.69 Å². The van der Waals surface area contributed by atoms with Gasteiger partial charge in [-0.15, -0.1) is 0 Å². The molecule has 4 nitrogen and oxygen atoms in total. The Hall–Kier alpha value is -1.84. The van der Waals surface area contributed by atoms with E-state index in [-0.39, 0.29) is 18.6 Å². The van der Waals surface area contributed by atoms with Gasteiger partial charge >= 0.3 is 6.03 Å². The van der Waals surface area contributed by atoms with Crippen molar-refractivity contribution in [1.29, 1.82) is 0 Å². The summed E-state index contributed by atoms with van der Waals surface area (Å²) in [5.74, 6) is 0. The Labute approximate surface area is 101 Å². The third-order valence-corrected chi connectivity index (χ3v) is 2.90. The SMILES string of the molecule is CC(C)N1C(=O)N(CC=O)Cc2ccccc21. The van der Waals surface area contributed by atoms with Gasteiger partial charge in [-0.25, -0.2) is 4.79 Å². The van der Waals surface area contributed by atoms with Crippen molar-refractivity contribution in [2.75, 3.05) is 11.4 Å². The van der Waals surface area contributed by atoms with Crippen LogP contribution in [-0.4, -0.2) is 29.8 Å². The molecule has 4 heteroatoms. The summed E-state index contributed by atoms with van der Waals surface area (Å²) < 4.78 is 0. The highest BCUT2D eigenvalue weighted by Gasteiger charge is 2.31. The smallest absolute Gasteiger partial charge is 0.313 e. The largest absolute Gasteiger partial charge is 0.325 e. The number of anilines is 1. The van der Waals surface area contributed by atoms with Crippen molar-refractivity contribution >= 4 is 18.0 Å². The van der Waals surface area contributed by atoms with Crippen LogP contribution in [0.3, 0.4) is 0 Å². The van der Waals surface area contributed by atoms with E-state index in [2.05, 4.69) is 0 Å². The monoisotopic (exact) mass is 232 g/mol. The Morgan fingerprint density at radius 3 is 2.71 bits per heavy atom. The Bertz CT molecular complexity index is 443. The summed E-state index contributed by atoms with van der Waals surface area (Å²) in [7, 11) is 0. The third kappa shape index (κ3) is 2.02. The molecule has 1 aromatic carbocycles. The molecule has 0 saturated carbocycles. The summed E-state index contributed by atoms with van der Waals surface area (Å²) in [6, 6.07) is 7.81. The van der Waals surface area contributed by atoms with Crippen molar-refractivity contribution < 1.29 is 9.59 Å². The van der Waals surface area contributed by atoms with E-state index in [4.69, 9.17) is 0 Å². The standard InChI is InChI=1S/C13H16N2O2/c1-10(2)15-12-6-4-3-5-11(12)9-14(7-8-16)13(15)17/h3-6,8,10H,7,9H2,1-2H3. The normalized spacial score (nSPS) is 15.1. The highest BCUT2D eigenvalue weighted by atomic mass is 16.2. The number of benzene rings is 1. The lowest BCUT2D eigenvalue weighted by Crippen LogP contribution is -2.50. The number of fused-ring (bicyclic) bond motifs is 1. The second-order valence-electron chi connectivity index (χ2n) is 4.42. The Balaban J connectivity index is 2.43. The molecule has 2 amide bonds. The molecule has 1 aliphatic heterocycles. The topological polar surface area (TPSA) is 40.6 Å². The van der Waals surface area contributed by atoms with Gasteiger partial charge in [0.05, 0.1) is 12.2 Å². The average Bonchev–Trinajstić information content (AvgIpc) is 2.30. The van der Waals surface area contributed by atoms with Gasteiger partial charge in [0.1, 0.15) is 6.29 Å². The fraction of sp³-hybridized carbons (Fsp3) is 0.385. The van der Waals surface area contributed by atoms with Crippen molar-refractivity contribution in [3.63, 3.8) is 0 Å². The van der Waals surface area contributed by atoms with Gasteiger partial charge in [-0.3, -0.25) is 4.90 Å². The van der Waals surface area contributed by atoms with Crippen molar-refractivity contribution in [1.82, 2.24) is 4.90 Å². The summed E-state index contributed by atoms with van der Waals surface area (Å²) in [6.07, 6.45) is 0.768. The summed E-state index contributed by atoms with van der Waals surface area (Å²) in [5.41, 5.74) is 2.04.